The molecule has 1 aliphatic rings. The van der Waals surface area contributed by atoms with Crippen LogP contribution in [0.4, 0.5) is 0 Å². The maximum Gasteiger partial charge on any atom is 0.321 e. The van der Waals surface area contributed by atoms with E-state index in [9.17, 15) is 9.90 Å². The van der Waals surface area contributed by atoms with Gasteiger partial charge in [-0.05, 0) is 23.8 Å². The van der Waals surface area contributed by atoms with Crippen LogP contribution in [0, 0.1) is 0 Å². The van der Waals surface area contributed by atoms with Crippen molar-refractivity contribution in [2.24, 2.45) is 0 Å². The van der Waals surface area contributed by atoms with E-state index >= 15 is 0 Å². The number of carboxylic acids is 1. The quantitative estimate of drug-likeness (QED) is 0.929. The van der Waals surface area contributed by atoms with Crippen LogP contribution in [0.5, 0.6) is 0 Å². The van der Waals surface area contributed by atoms with E-state index < -0.39 is 12.0 Å². The molecule has 1 aliphatic heterocycles. The molecule has 0 saturated carbocycles. The minimum absolute atomic E-state index is 0.0564. The Labute approximate surface area is 121 Å². The van der Waals surface area contributed by atoms with Crippen molar-refractivity contribution >= 4 is 29.2 Å². The summed E-state index contributed by atoms with van der Waals surface area (Å²) in [5.41, 5.74) is 0.831. The molecule has 1 fully saturated rings. The minimum Gasteiger partial charge on any atom is -0.480 e. The Balaban J connectivity index is 2.16. The van der Waals surface area contributed by atoms with E-state index in [0.717, 1.165) is 5.56 Å². The lowest BCUT2D eigenvalue weighted by Crippen LogP contribution is -2.35. The Morgan fingerprint density at radius 3 is 2.89 bits per heavy atom. The molecule has 1 N–H and O–H groups in total. The lowest BCUT2D eigenvalue weighted by atomic mass is 10.1. The van der Waals surface area contributed by atoms with E-state index in [1.807, 2.05) is 4.90 Å². The van der Waals surface area contributed by atoms with Crippen LogP contribution in [0.3, 0.4) is 0 Å². The third-order valence-electron chi connectivity index (χ3n) is 3.36. The highest BCUT2D eigenvalue weighted by molar-refractivity contribution is 6.33. The Bertz CT molecular complexity index is 481. The van der Waals surface area contributed by atoms with Crippen LogP contribution in [-0.4, -0.2) is 41.8 Å². The predicted molar refractivity (Wildman–Crippen MR) is 73.7 cm³/mol. The highest BCUT2D eigenvalue weighted by atomic mass is 35.5. The molecular formula is C13H15Cl2NO3. The van der Waals surface area contributed by atoms with Crippen molar-refractivity contribution in [3.05, 3.63) is 33.8 Å². The number of carbonyl (C=O) groups is 1. The number of methoxy groups -OCH3 is 1. The molecule has 1 heterocycles. The summed E-state index contributed by atoms with van der Waals surface area (Å²) in [5, 5.41) is 10.4. The fourth-order valence-corrected chi connectivity index (χ4v) is 2.72. The van der Waals surface area contributed by atoms with Crippen LogP contribution in [0.1, 0.15) is 12.0 Å². The topological polar surface area (TPSA) is 49.8 Å². The van der Waals surface area contributed by atoms with E-state index in [-0.39, 0.29) is 6.10 Å². The Kier molecular flexibility index (Phi) is 4.68. The first-order chi connectivity index (χ1) is 9.01. The van der Waals surface area contributed by atoms with Gasteiger partial charge >= 0.3 is 5.97 Å². The van der Waals surface area contributed by atoms with Gasteiger partial charge in [-0.2, -0.15) is 0 Å². The van der Waals surface area contributed by atoms with Gasteiger partial charge < -0.3 is 9.84 Å². The SMILES string of the molecule is CO[C@@H]1C[C@@H](C(=O)O)N(Cc2cc(Cl)ccc2Cl)C1. The molecule has 4 nitrogen and oxygen atoms in total. The number of halogens is 2. The number of ether oxygens (including phenoxy) is 1. The molecule has 19 heavy (non-hydrogen) atoms. The van der Waals surface area contributed by atoms with E-state index in [2.05, 4.69) is 0 Å². The Hall–Kier alpha value is -0.810. The highest BCUT2D eigenvalue weighted by Crippen LogP contribution is 2.27. The van der Waals surface area contributed by atoms with Crippen molar-refractivity contribution < 1.29 is 14.6 Å². The molecule has 1 aromatic carbocycles. The Morgan fingerprint density at radius 2 is 2.26 bits per heavy atom. The van der Waals surface area contributed by atoms with Crippen LogP contribution in [0.25, 0.3) is 0 Å². The second-order valence-electron chi connectivity index (χ2n) is 4.61. The number of hydrogen-bond donors (Lipinski definition) is 1. The zero-order valence-corrected chi connectivity index (χ0v) is 12.0. The molecule has 0 aliphatic carbocycles. The van der Waals surface area contributed by atoms with Gasteiger partial charge in [-0.1, -0.05) is 23.2 Å². The van der Waals surface area contributed by atoms with Crippen molar-refractivity contribution in [1.29, 1.82) is 0 Å². The summed E-state index contributed by atoms with van der Waals surface area (Å²) in [6.07, 6.45) is 0.434. The summed E-state index contributed by atoms with van der Waals surface area (Å²) in [4.78, 5) is 13.1. The normalized spacial score (nSPS) is 23.7. The van der Waals surface area contributed by atoms with Crippen molar-refractivity contribution in [3.8, 4) is 0 Å². The number of likely N-dealkylation sites (tertiary alicyclic amines) is 1. The van der Waals surface area contributed by atoms with Crippen LogP contribution in [0.15, 0.2) is 18.2 Å². The first-order valence-corrected chi connectivity index (χ1v) is 6.70. The van der Waals surface area contributed by atoms with Gasteiger partial charge in [0.15, 0.2) is 0 Å². The molecule has 104 valence electrons. The summed E-state index contributed by atoms with van der Waals surface area (Å²) in [6.45, 7) is 1.03. The fourth-order valence-electron chi connectivity index (χ4n) is 2.35. The summed E-state index contributed by atoms with van der Waals surface area (Å²) in [5.74, 6) is -0.835. The fraction of sp³-hybridized carbons (Fsp3) is 0.462. The highest BCUT2D eigenvalue weighted by Gasteiger charge is 2.37. The molecule has 0 unspecified atom stereocenters. The molecule has 0 amide bonds. The lowest BCUT2D eigenvalue weighted by molar-refractivity contribution is -0.142. The van der Waals surface area contributed by atoms with Crippen molar-refractivity contribution in [2.45, 2.75) is 25.1 Å². The molecule has 2 atom stereocenters. The van der Waals surface area contributed by atoms with Gasteiger partial charge in [-0.25, -0.2) is 0 Å². The second-order valence-corrected chi connectivity index (χ2v) is 5.46. The van der Waals surface area contributed by atoms with E-state index in [4.69, 9.17) is 27.9 Å². The molecule has 1 saturated heterocycles. The molecular weight excluding hydrogens is 289 g/mol. The number of aliphatic carboxylic acids is 1. The van der Waals surface area contributed by atoms with Gasteiger partial charge in [0.1, 0.15) is 6.04 Å². The van der Waals surface area contributed by atoms with Gasteiger partial charge in [-0.15, -0.1) is 0 Å². The molecule has 0 spiro atoms. The largest absolute Gasteiger partial charge is 0.480 e. The summed E-state index contributed by atoms with van der Waals surface area (Å²) < 4.78 is 5.25. The standard InChI is InChI=1S/C13H15Cl2NO3/c1-19-10-5-12(13(17)18)16(7-10)6-8-4-9(14)2-3-11(8)15/h2-4,10,12H,5-7H2,1H3,(H,17,18)/t10-,12+/m1/s1. The third-order valence-corrected chi connectivity index (χ3v) is 3.97. The van der Waals surface area contributed by atoms with Crippen molar-refractivity contribution in [1.82, 2.24) is 4.90 Å². The first kappa shape index (κ1) is 14.6. The van der Waals surface area contributed by atoms with Gasteiger partial charge in [0.25, 0.3) is 0 Å². The average Bonchev–Trinajstić information content (AvgIpc) is 2.77. The molecule has 0 bridgehead atoms. The smallest absolute Gasteiger partial charge is 0.321 e. The zero-order valence-electron chi connectivity index (χ0n) is 10.5. The van der Waals surface area contributed by atoms with Gasteiger partial charge in [0.2, 0.25) is 0 Å². The van der Waals surface area contributed by atoms with Crippen molar-refractivity contribution in [3.63, 3.8) is 0 Å². The summed E-state index contributed by atoms with van der Waals surface area (Å²) in [7, 11) is 1.60. The molecule has 0 radical (unpaired) electrons. The van der Waals surface area contributed by atoms with Gasteiger partial charge in [0, 0.05) is 36.7 Å². The average molecular weight is 304 g/mol. The maximum atomic E-state index is 11.3. The summed E-state index contributed by atoms with van der Waals surface area (Å²) >= 11 is 12.0. The van der Waals surface area contributed by atoms with Crippen LogP contribution < -0.4 is 0 Å². The number of hydrogen-bond acceptors (Lipinski definition) is 3. The molecule has 2 rings (SSSR count). The number of benzene rings is 1. The zero-order chi connectivity index (χ0) is 14.0. The Morgan fingerprint density at radius 1 is 1.53 bits per heavy atom. The molecule has 6 heteroatoms. The number of rotatable bonds is 4. The number of carboxylic acid groups (broad SMARTS) is 1. The summed E-state index contributed by atoms with van der Waals surface area (Å²) in [6, 6.07) is 4.66. The van der Waals surface area contributed by atoms with Crippen LogP contribution in [-0.2, 0) is 16.1 Å². The second kappa shape index (κ2) is 6.09. The van der Waals surface area contributed by atoms with Crippen molar-refractivity contribution in [2.75, 3.05) is 13.7 Å². The molecule has 1 aromatic rings. The lowest BCUT2D eigenvalue weighted by Gasteiger charge is -2.21. The van der Waals surface area contributed by atoms with E-state index in [1.165, 1.54) is 0 Å². The first-order valence-electron chi connectivity index (χ1n) is 5.95. The third kappa shape index (κ3) is 3.39. The predicted octanol–water partition coefficient (Wildman–Crippen LogP) is 2.67. The van der Waals surface area contributed by atoms with E-state index in [1.54, 1.807) is 25.3 Å². The van der Waals surface area contributed by atoms with Crippen LogP contribution in [0.2, 0.25) is 10.0 Å². The van der Waals surface area contributed by atoms with Gasteiger partial charge in [-0.3, -0.25) is 9.69 Å². The maximum absolute atomic E-state index is 11.3. The van der Waals surface area contributed by atoms with Gasteiger partial charge in [0.05, 0.1) is 6.10 Å². The minimum atomic E-state index is -0.835. The van der Waals surface area contributed by atoms with Crippen LogP contribution >= 0.6 is 23.2 Å². The molecule has 0 aromatic heterocycles. The monoisotopic (exact) mass is 303 g/mol. The van der Waals surface area contributed by atoms with E-state index in [0.29, 0.717) is 29.6 Å². The number of nitrogens with zero attached hydrogens (tertiary/aromatic N) is 1.